The van der Waals surface area contributed by atoms with Gasteiger partial charge in [-0.2, -0.15) is 4.98 Å². The van der Waals surface area contributed by atoms with Gasteiger partial charge >= 0.3 is 6.01 Å². The Morgan fingerprint density at radius 2 is 1.73 bits per heavy atom. The monoisotopic (exact) mass is 474 g/mol. The average Bonchev–Trinajstić information content (AvgIpc) is 3.26. The second kappa shape index (κ2) is 8.47. The highest BCUT2D eigenvalue weighted by molar-refractivity contribution is 9.10. The van der Waals surface area contributed by atoms with Gasteiger partial charge in [-0.15, -0.1) is 0 Å². The summed E-state index contributed by atoms with van der Waals surface area (Å²) < 4.78 is 31.2. The summed E-state index contributed by atoms with van der Waals surface area (Å²) in [6, 6.07) is 13.9. The first-order valence-electron chi connectivity index (χ1n) is 9.49. The molecule has 0 bridgehead atoms. The van der Waals surface area contributed by atoms with E-state index < -0.39 is 6.10 Å². The second-order valence-electron chi connectivity index (χ2n) is 6.91. The van der Waals surface area contributed by atoms with Gasteiger partial charge in [0, 0.05) is 5.56 Å². The molecule has 2 atom stereocenters. The summed E-state index contributed by atoms with van der Waals surface area (Å²) in [6.07, 6.45) is -0.442. The molecule has 2 aromatic carbocycles. The smallest absolute Gasteiger partial charge is 0.300 e. The van der Waals surface area contributed by atoms with E-state index in [4.69, 9.17) is 23.7 Å². The third-order valence-electron chi connectivity index (χ3n) is 4.96. The Balaban J connectivity index is 1.81. The molecule has 3 aromatic rings. The van der Waals surface area contributed by atoms with Crippen molar-refractivity contribution in [2.24, 2.45) is 0 Å². The third-order valence-corrected chi connectivity index (χ3v) is 5.48. The van der Waals surface area contributed by atoms with E-state index in [-0.39, 0.29) is 6.10 Å². The average molecular weight is 475 g/mol. The van der Waals surface area contributed by atoms with Crippen LogP contribution in [0.15, 0.2) is 47.1 Å². The number of benzene rings is 2. The molecule has 0 N–H and O–H groups in total. The van der Waals surface area contributed by atoms with Crippen LogP contribution in [0, 0.1) is 0 Å². The van der Waals surface area contributed by atoms with Crippen molar-refractivity contribution in [3.8, 4) is 29.1 Å². The van der Waals surface area contributed by atoms with Crippen molar-refractivity contribution in [1.29, 1.82) is 0 Å². The Morgan fingerprint density at radius 1 is 1.03 bits per heavy atom. The van der Waals surface area contributed by atoms with Crippen LogP contribution in [0.4, 0.5) is 0 Å². The number of fused-ring (bicyclic) bond motifs is 1. The van der Waals surface area contributed by atoms with Gasteiger partial charge in [-0.1, -0.05) is 12.1 Å². The van der Waals surface area contributed by atoms with Crippen molar-refractivity contribution in [2.75, 3.05) is 21.3 Å². The number of imidazole rings is 1. The molecule has 0 aliphatic carbocycles. The van der Waals surface area contributed by atoms with Crippen LogP contribution in [-0.2, 0) is 6.54 Å². The summed E-state index contributed by atoms with van der Waals surface area (Å²) in [4.78, 5) is 4.44. The Kier molecular flexibility index (Phi) is 5.76. The van der Waals surface area contributed by atoms with E-state index in [0.717, 1.165) is 16.9 Å². The minimum Gasteiger partial charge on any atom is -0.497 e. The van der Waals surface area contributed by atoms with Gasteiger partial charge in [-0.3, -0.25) is 4.57 Å². The van der Waals surface area contributed by atoms with Gasteiger partial charge in [-0.25, -0.2) is 0 Å². The van der Waals surface area contributed by atoms with E-state index in [1.165, 1.54) is 0 Å². The van der Waals surface area contributed by atoms with E-state index in [9.17, 15) is 0 Å². The van der Waals surface area contributed by atoms with Crippen molar-refractivity contribution in [2.45, 2.75) is 25.7 Å². The minimum atomic E-state index is -0.478. The molecule has 4 rings (SSSR count). The van der Waals surface area contributed by atoms with Crippen LogP contribution >= 0.6 is 15.9 Å². The zero-order chi connectivity index (χ0) is 21.3. The Labute approximate surface area is 183 Å². The van der Waals surface area contributed by atoms with E-state index in [1.807, 2.05) is 54.0 Å². The molecule has 0 saturated heterocycles. The van der Waals surface area contributed by atoms with Crippen molar-refractivity contribution in [3.05, 3.63) is 58.2 Å². The zero-order valence-electron chi connectivity index (χ0n) is 17.2. The summed E-state index contributed by atoms with van der Waals surface area (Å²) in [5, 5.41) is 0. The van der Waals surface area contributed by atoms with Gasteiger partial charge < -0.3 is 23.7 Å². The first kappa shape index (κ1) is 20.4. The van der Waals surface area contributed by atoms with Gasteiger partial charge in [0.05, 0.1) is 27.9 Å². The van der Waals surface area contributed by atoms with Crippen LogP contribution < -0.4 is 23.7 Å². The fraction of sp³-hybridized carbons (Fsp3) is 0.318. The number of rotatable bonds is 7. The number of ether oxygens (including phenoxy) is 5. The van der Waals surface area contributed by atoms with Crippen molar-refractivity contribution < 1.29 is 23.7 Å². The molecule has 8 heteroatoms. The Bertz CT molecular complexity index is 1030. The summed E-state index contributed by atoms with van der Waals surface area (Å²) >= 11 is 3.51. The number of nitrogens with zero attached hydrogens (tertiary/aromatic N) is 2. The number of halogens is 1. The van der Waals surface area contributed by atoms with Crippen molar-refractivity contribution >= 4 is 15.9 Å². The SMILES string of the molecule is COc1ccc(C(Oc2c(Br)nc3n2CC(C)O3)c2cc(OC)ccc2OC)cc1. The lowest BCUT2D eigenvalue weighted by atomic mass is 10.00. The maximum atomic E-state index is 6.56. The first-order chi connectivity index (χ1) is 14.5. The van der Waals surface area contributed by atoms with Crippen LogP contribution in [0.5, 0.6) is 29.1 Å². The predicted molar refractivity (Wildman–Crippen MR) is 115 cm³/mol. The lowest BCUT2D eigenvalue weighted by Crippen LogP contribution is -2.15. The molecule has 7 nitrogen and oxygen atoms in total. The van der Waals surface area contributed by atoms with Gasteiger partial charge in [0.25, 0.3) is 0 Å². The summed E-state index contributed by atoms with van der Waals surface area (Å²) in [6.45, 7) is 2.66. The maximum absolute atomic E-state index is 6.56. The molecular formula is C22H23BrN2O5. The quantitative estimate of drug-likeness (QED) is 0.497. The van der Waals surface area contributed by atoms with E-state index in [0.29, 0.717) is 34.5 Å². The van der Waals surface area contributed by atoms with Crippen LogP contribution in [0.1, 0.15) is 24.2 Å². The van der Waals surface area contributed by atoms with E-state index in [1.54, 1.807) is 21.3 Å². The fourth-order valence-electron chi connectivity index (χ4n) is 3.47. The number of aromatic nitrogens is 2. The van der Waals surface area contributed by atoms with Gasteiger partial charge in [-0.05, 0) is 58.7 Å². The summed E-state index contributed by atoms with van der Waals surface area (Å²) in [5.41, 5.74) is 1.76. The molecule has 0 saturated carbocycles. The van der Waals surface area contributed by atoms with Crippen LogP contribution in [0.25, 0.3) is 0 Å². The highest BCUT2D eigenvalue weighted by Crippen LogP contribution is 2.41. The highest BCUT2D eigenvalue weighted by Gasteiger charge is 2.30. The molecular weight excluding hydrogens is 452 g/mol. The maximum Gasteiger partial charge on any atom is 0.300 e. The zero-order valence-corrected chi connectivity index (χ0v) is 18.8. The molecule has 0 fully saturated rings. The lowest BCUT2D eigenvalue weighted by Gasteiger charge is -2.23. The predicted octanol–water partition coefficient (Wildman–Crippen LogP) is 4.62. The third kappa shape index (κ3) is 3.79. The molecule has 30 heavy (non-hydrogen) atoms. The van der Waals surface area contributed by atoms with Gasteiger partial charge in [0.1, 0.15) is 23.4 Å². The van der Waals surface area contributed by atoms with Gasteiger partial charge in [0.15, 0.2) is 10.7 Å². The molecule has 2 heterocycles. The number of hydrogen-bond donors (Lipinski definition) is 0. The molecule has 0 amide bonds. The Hall–Kier alpha value is -2.87. The second-order valence-corrected chi connectivity index (χ2v) is 7.66. The largest absolute Gasteiger partial charge is 0.497 e. The van der Waals surface area contributed by atoms with E-state index in [2.05, 4.69) is 20.9 Å². The van der Waals surface area contributed by atoms with Crippen LogP contribution in [-0.4, -0.2) is 37.0 Å². The molecule has 2 unspecified atom stereocenters. The van der Waals surface area contributed by atoms with E-state index >= 15 is 0 Å². The molecule has 1 aromatic heterocycles. The van der Waals surface area contributed by atoms with Crippen molar-refractivity contribution in [1.82, 2.24) is 9.55 Å². The normalized spacial score (nSPS) is 15.8. The minimum absolute atomic E-state index is 0.0359. The molecule has 0 spiro atoms. The summed E-state index contributed by atoms with van der Waals surface area (Å²) in [5.74, 6) is 2.77. The first-order valence-corrected chi connectivity index (χ1v) is 10.3. The molecule has 158 valence electrons. The standard InChI is InChI=1S/C22H23BrN2O5/c1-13-12-25-21(20(23)24-22(25)29-13)30-19(14-5-7-15(26-2)8-6-14)17-11-16(27-3)9-10-18(17)28-4/h5-11,13,19H,12H2,1-4H3. The van der Waals surface area contributed by atoms with Crippen LogP contribution in [0.3, 0.4) is 0 Å². The topological polar surface area (TPSA) is 64.0 Å². The molecule has 0 radical (unpaired) electrons. The molecule has 1 aliphatic heterocycles. The number of methoxy groups -OCH3 is 3. The van der Waals surface area contributed by atoms with Gasteiger partial charge in [0.2, 0.25) is 5.88 Å². The molecule has 1 aliphatic rings. The fourth-order valence-corrected chi connectivity index (χ4v) is 3.93. The highest BCUT2D eigenvalue weighted by atomic mass is 79.9. The van der Waals surface area contributed by atoms with Crippen molar-refractivity contribution in [3.63, 3.8) is 0 Å². The summed E-state index contributed by atoms with van der Waals surface area (Å²) in [7, 11) is 4.91. The lowest BCUT2D eigenvalue weighted by molar-refractivity contribution is 0.216. The Morgan fingerprint density at radius 3 is 2.40 bits per heavy atom. The van der Waals surface area contributed by atoms with Crippen LogP contribution in [0.2, 0.25) is 0 Å². The number of hydrogen-bond acceptors (Lipinski definition) is 6.